The van der Waals surface area contributed by atoms with Crippen molar-refractivity contribution in [3.05, 3.63) is 71.4 Å². The van der Waals surface area contributed by atoms with Crippen LogP contribution in [-0.2, 0) is 4.79 Å². The molecule has 6 nitrogen and oxygen atoms in total. The molecule has 2 aromatic carbocycles. The van der Waals surface area contributed by atoms with Crippen LogP contribution in [0.5, 0.6) is 11.5 Å². The fourth-order valence-electron chi connectivity index (χ4n) is 4.52. The molecule has 1 unspecified atom stereocenters. The van der Waals surface area contributed by atoms with Crippen LogP contribution >= 0.6 is 0 Å². The van der Waals surface area contributed by atoms with E-state index >= 15 is 0 Å². The summed E-state index contributed by atoms with van der Waals surface area (Å²) in [6.45, 7) is 0.701. The van der Waals surface area contributed by atoms with Gasteiger partial charge < -0.3 is 14.2 Å². The Morgan fingerprint density at radius 1 is 0.966 bits per heavy atom. The van der Waals surface area contributed by atoms with Crippen molar-refractivity contribution in [1.82, 2.24) is 15.0 Å². The molecule has 2 fully saturated rings. The normalized spacial score (nSPS) is 20.8. The van der Waals surface area contributed by atoms with Gasteiger partial charge in [0.2, 0.25) is 11.8 Å². The third-order valence-electron chi connectivity index (χ3n) is 6.15. The molecule has 6 heteroatoms. The molecule has 0 N–H and O–H groups in total. The zero-order valence-electron chi connectivity index (χ0n) is 16.0. The number of amides is 1. The van der Waals surface area contributed by atoms with Gasteiger partial charge in [-0.3, -0.25) is 4.79 Å². The van der Waals surface area contributed by atoms with Gasteiger partial charge in [0.1, 0.15) is 17.5 Å². The lowest BCUT2D eigenvalue weighted by atomic mass is 9.86. The SMILES string of the molecule is O=C(C1c2ccccc2Oc2ccccc21)N1CCCC1c1nc(C2CC2)no1. The van der Waals surface area contributed by atoms with Crippen molar-refractivity contribution < 1.29 is 14.1 Å². The Bertz CT molecular complexity index is 1040. The minimum Gasteiger partial charge on any atom is -0.457 e. The number of rotatable bonds is 3. The van der Waals surface area contributed by atoms with Gasteiger partial charge in [0.15, 0.2) is 5.82 Å². The van der Waals surface area contributed by atoms with E-state index in [-0.39, 0.29) is 17.9 Å². The summed E-state index contributed by atoms with van der Waals surface area (Å²) in [5.74, 6) is 2.98. The number of fused-ring (bicyclic) bond motifs is 2. The molecule has 0 bridgehead atoms. The number of ether oxygens (including phenoxy) is 1. The average Bonchev–Trinajstić information content (AvgIpc) is 3.28. The van der Waals surface area contributed by atoms with Crippen molar-refractivity contribution in [2.24, 2.45) is 0 Å². The highest BCUT2D eigenvalue weighted by Crippen LogP contribution is 2.46. The minimum atomic E-state index is -0.387. The van der Waals surface area contributed by atoms with Crippen molar-refractivity contribution in [2.45, 2.75) is 43.6 Å². The standard InChI is InChI=1S/C23H21N3O3/c27-23(26-13-5-8-17(26)22-24-21(25-29-22)14-11-12-14)20-15-6-1-3-9-18(15)28-19-10-4-2-7-16(19)20/h1-4,6-7,9-10,14,17,20H,5,8,11-13H2. The van der Waals surface area contributed by atoms with Crippen LogP contribution in [0.4, 0.5) is 0 Å². The molecule has 0 spiro atoms. The van der Waals surface area contributed by atoms with E-state index in [1.54, 1.807) is 0 Å². The molecule has 1 amide bonds. The van der Waals surface area contributed by atoms with Crippen molar-refractivity contribution in [3.63, 3.8) is 0 Å². The molecule has 3 aliphatic rings. The van der Waals surface area contributed by atoms with Gasteiger partial charge in [-0.2, -0.15) is 4.98 Å². The number of carbonyl (C=O) groups excluding carboxylic acids is 1. The van der Waals surface area contributed by atoms with Crippen LogP contribution in [0.15, 0.2) is 53.1 Å². The van der Waals surface area contributed by atoms with E-state index in [1.807, 2.05) is 53.4 Å². The van der Waals surface area contributed by atoms with E-state index in [0.29, 0.717) is 18.4 Å². The fraction of sp³-hybridized carbons (Fsp3) is 0.348. The Morgan fingerprint density at radius 3 is 2.34 bits per heavy atom. The zero-order valence-corrected chi connectivity index (χ0v) is 16.0. The molecule has 1 atom stereocenters. The van der Waals surface area contributed by atoms with E-state index in [0.717, 1.165) is 54.1 Å². The Labute approximate surface area is 168 Å². The largest absolute Gasteiger partial charge is 0.457 e. The summed E-state index contributed by atoms with van der Waals surface area (Å²) in [4.78, 5) is 20.4. The van der Waals surface area contributed by atoms with E-state index in [9.17, 15) is 4.79 Å². The molecule has 1 aliphatic carbocycles. The first-order valence-corrected chi connectivity index (χ1v) is 10.3. The second kappa shape index (κ2) is 6.44. The summed E-state index contributed by atoms with van der Waals surface area (Å²) in [6, 6.07) is 15.4. The van der Waals surface area contributed by atoms with Gasteiger partial charge >= 0.3 is 0 Å². The molecular formula is C23H21N3O3. The van der Waals surface area contributed by atoms with Crippen molar-refractivity contribution in [1.29, 1.82) is 0 Å². The average molecular weight is 387 g/mol. The van der Waals surface area contributed by atoms with Gasteiger partial charge in [-0.25, -0.2) is 0 Å². The third-order valence-corrected chi connectivity index (χ3v) is 6.15. The number of benzene rings is 2. The maximum atomic E-state index is 13.8. The van der Waals surface area contributed by atoms with Crippen LogP contribution in [-0.4, -0.2) is 27.5 Å². The quantitative estimate of drug-likeness (QED) is 0.660. The predicted molar refractivity (Wildman–Crippen MR) is 105 cm³/mol. The fourth-order valence-corrected chi connectivity index (χ4v) is 4.52. The number of carbonyl (C=O) groups is 1. The first kappa shape index (κ1) is 16.8. The van der Waals surface area contributed by atoms with Crippen LogP contribution < -0.4 is 4.74 Å². The van der Waals surface area contributed by atoms with Crippen LogP contribution in [0.1, 0.15) is 66.4 Å². The molecular weight excluding hydrogens is 366 g/mol. The Morgan fingerprint density at radius 2 is 1.66 bits per heavy atom. The lowest BCUT2D eigenvalue weighted by Gasteiger charge is -2.32. The second-order valence-corrected chi connectivity index (χ2v) is 8.07. The number of aromatic nitrogens is 2. The summed E-state index contributed by atoms with van der Waals surface area (Å²) in [7, 11) is 0. The number of para-hydroxylation sites is 2. The number of likely N-dealkylation sites (tertiary alicyclic amines) is 1. The molecule has 1 saturated heterocycles. The summed E-state index contributed by atoms with van der Waals surface area (Å²) in [5.41, 5.74) is 1.82. The lowest BCUT2D eigenvalue weighted by Crippen LogP contribution is -2.36. The highest BCUT2D eigenvalue weighted by Gasteiger charge is 2.41. The van der Waals surface area contributed by atoms with Crippen LogP contribution in [0.3, 0.4) is 0 Å². The summed E-state index contributed by atoms with van der Waals surface area (Å²) < 4.78 is 11.6. The number of hydrogen-bond acceptors (Lipinski definition) is 5. The van der Waals surface area contributed by atoms with Gasteiger partial charge in [0, 0.05) is 23.6 Å². The molecule has 6 rings (SSSR count). The Hall–Kier alpha value is -3.15. The highest BCUT2D eigenvalue weighted by molar-refractivity contribution is 5.90. The maximum Gasteiger partial charge on any atom is 0.249 e. The van der Waals surface area contributed by atoms with Crippen LogP contribution in [0.2, 0.25) is 0 Å². The van der Waals surface area contributed by atoms with Crippen molar-refractivity contribution in [3.8, 4) is 11.5 Å². The number of nitrogens with zero attached hydrogens (tertiary/aromatic N) is 3. The first-order valence-electron chi connectivity index (χ1n) is 10.3. The third kappa shape index (κ3) is 2.74. The first-order chi connectivity index (χ1) is 14.3. The predicted octanol–water partition coefficient (Wildman–Crippen LogP) is 4.55. The smallest absolute Gasteiger partial charge is 0.249 e. The zero-order chi connectivity index (χ0) is 19.4. The van der Waals surface area contributed by atoms with E-state index in [1.165, 1.54) is 0 Å². The maximum absolute atomic E-state index is 13.8. The molecule has 1 saturated carbocycles. The molecule has 1 aromatic heterocycles. The molecule has 3 heterocycles. The van der Waals surface area contributed by atoms with E-state index in [2.05, 4.69) is 10.1 Å². The van der Waals surface area contributed by atoms with E-state index in [4.69, 9.17) is 9.26 Å². The number of hydrogen-bond donors (Lipinski definition) is 0. The lowest BCUT2D eigenvalue weighted by molar-refractivity contribution is -0.133. The van der Waals surface area contributed by atoms with Crippen molar-refractivity contribution >= 4 is 5.91 Å². The van der Waals surface area contributed by atoms with Gasteiger partial charge in [-0.15, -0.1) is 0 Å². The minimum absolute atomic E-state index is 0.0712. The summed E-state index contributed by atoms with van der Waals surface area (Å²) in [5, 5.41) is 4.16. The summed E-state index contributed by atoms with van der Waals surface area (Å²) >= 11 is 0. The van der Waals surface area contributed by atoms with Gasteiger partial charge in [-0.05, 0) is 37.8 Å². The van der Waals surface area contributed by atoms with E-state index < -0.39 is 0 Å². The van der Waals surface area contributed by atoms with Crippen LogP contribution in [0, 0.1) is 0 Å². The topological polar surface area (TPSA) is 68.5 Å². The van der Waals surface area contributed by atoms with Gasteiger partial charge in [0.25, 0.3) is 0 Å². The molecule has 3 aromatic rings. The molecule has 146 valence electrons. The van der Waals surface area contributed by atoms with Crippen LogP contribution in [0.25, 0.3) is 0 Å². The molecule has 29 heavy (non-hydrogen) atoms. The molecule has 2 aliphatic heterocycles. The van der Waals surface area contributed by atoms with Gasteiger partial charge in [-0.1, -0.05) is 41.6 Å². The Kier molecular flexibility index (Phi) is 3.72. The summed E-state index contributed by atoms with van der Waals surface area (Å²) in [6.07, 6.45) is 4.04. The Balaban J connectivity index is 1.38. The van der Waals surface area contributed by atoms with Gasteiger partial charge in [0.05, 0.1) is 5.92 Å². The second-order valence-electron chi connectivity index (χ2n) is 8.07. The molecule has 0 radical (unpaired) electrons. The highest BCUT2D eigenvalue weighted by atomic mass is 16.5. The monoisotopic (exact) mass is 387 g/mol. The van der Waals surface area contributed by atoms with Crippen molar-refractivity contribution in [2.75, 3.05) is 6.54 Å².